The fraction of sp³-hybridized carbons (Fsp3) is 0.130. The van der Waals surface area contributed by atoms with E-state index in [1.165, 1.54) is 6.08 Å². The van der Waals surface area contributed by atoms with E-state index >= 15 is 0 Å². The Bertz CT molecular complexity index is 1050. The molecule has 0 spiro atoms. The summed E-state index contributed by atoms with van der Waals surface area (Å²) in [4.78, 5) is 32.7. The number of amides is 2. The Kier molecular flexibility index (Phi) is 6.89. The van der Waals surface area contributed by atoms with Gasteiger partial charge in [0.15, 0.2) is 0 Å². The number of nitrogens with one attached hydrogen (secondary N) is 3. The van der Waals surface area contributed by atoms with Crippen molar-refractivity contribution in [3.63, 3.8) is 0 Å². The SMILES string of the molecule is CCNc1nc(-c2ccc(NC(=O)C=Cc3cccnc3)cc2)ccc1C(=O)NC. The third kappa shape index (κ3) is 5.29. The molecule has 2 amide bonds. The second-order valence-electron chi connectivity index (χ2n) is 6.39. The molecule has 0 saturated carbocycles. The first-order chi connectivity index (χ1) is 14.6. The lowest BCUT2D eigenvalue weighted by atomic mass is 10.1. The molecule has 0 bridgehead atoms. The Morgan fingerprint density at radius 3 is 2.53 bits per heavy atom. The number of hydrogen-bond acceptors (Lipinski definition) is 5. The van der Waals surface area contributed by atoms with Gasteiger partial charge in [-0.3, -0.25) is 14.6 Å². The first-order valence-corrected chi connectivity index (χ1v) is 9.57. The summed E-state index contributed by atoms with van der Waals surface area (Å²) < 4.78 is 0. The van der Waals surface area contributed by atoms with Gasteiger partial charge in [0.25, 0.3) is 5.91 Å². The Labute approximate surface area is 175 Å². The van der Waals surface area contributed by atoms with E-state index in [4.69, 9.17) is 0 Å². The summed E-state index contributed by atoms with van der Waals surface area (Å²) >= 11 is 0. The third-order valence-electron chi connectivity index (χ3n) is 4.27. The summed E-state index contributed by atoms with van der Waals surface area (Å²) in [5.74, 6) is 0.115. The lowest BCUT2D eigenvalue weighted by Crippen LogP contribution is -2.20. The number of carbonyl (C=O) groups is 2. The number of benzene rings is 1. The lowest BCUT2D eigenvalue weighted by molar-refractivity contribution is -0.111. The largest absolute Gasteiger partial charge is 0.370 e. The first kappa shape index (κ1) is 20.7. The molecular formula is C23H23N5O2. The average Bonchev–Trinajstić information content (AvgIpc) is 2.78. The maximum Gasteiger partial charge on any atom is 0.254 e. The van der Waals surface area contributed by atoms with Crippen LogP contribution in [0.1, 0.15) is 22.8 Å². The van der Waals surface area contributed by atoms with Gasteiger partial charge in [-0.1, -0.05) is 18.2 Å². The van der Waals surface area contributed by atoms with Gasteiger partial charge in [0, 0.05) is 43.3 Å². The van der Waals surface area contributed by atoms with Crippen LogP contribution < -0.4 is 16.0 Å². The van der Waals surface area contributed by atoms with E-state index in [0.29, 0.717) is 23.6 Å². The second-order valence-corrected chi connectivity index (χ2v) is 6.39. The maximum atomic E-state index is 12.1. The summed E-state index contributed by atoms with van der Waals surface area (Å²) in [7, 11) is 1.59. The standard InChI is InChI=1S/C23H23N5O2/c1-3-26-22-19(23(30)24-2)11-12-20(28-22)17-7-9-18(10-8-17)27-21(29)13-6-16-5-4-14-25-15-16/h4-15H,3H2,1-2H3,(H,24,30)(H,26,28)(H,27,29). The Morgan fingerprint density at radius 1 is 1.07 bits per heavy atom. The fourth-order valence-corrected chi connectivity index (χ4v) is 2.79. The van der Waals surface area contributed by atoms with Crippen molar-refractivity contribution in [3.05, 3.63) is 78.1 Å². The molecular weight excluding hydrogens is 378 g/mol. The van der Waals surface area contributed by atoms with E-state index in [2.05, 4.69) is 25.9 Å². The zero-order valence-electron chi connectivity index (χ0n) is 16.8. The summed E-state index contributed by atoms with van der Waals surface area (Å²) in [5.41, 5.74) is 3.63. The van der Waals surface area contributed by atoms with E-state index < -0.39 is 0 Å². The van der Waals surface area contributed by atoms with Crippen LogP contribution in [0.3, 0.4) is 0 Å². The molecule has 2 aromatic heterocycles. The highest BCUT2D eigenvalue weighted by Gasteiger charge is 2.12. The molecule has 0 unspecified atom stereocenters. The molecule has 1 aromatic carbocycles. The fourth-order valence-electron chi connectivity index (χ4n) is 2.79. The molecule has 7 heteroatoms. The average molecular weight is 401 g/mol. The van der Waals surface area contributed by atoms with E-state index in [9.17, 15) is 9.59 Å². The van der Waals surface area contributed by atoms with E-state index in [1.54, 1.807) is 37.7 Å². The van der Waals surface area contributed by atoms with Crippen LogP contribution in [0.4, 0.5) is 11.5 Å². The van der Waals surface area contributed by atoms with Crippen molar-refractivity contribution in [1.82, 2.24) is 15.3 Å². The van der Waals surface area contributed by atoms with Crippen LogP contribution in [0, 0.1) is 0 Å². The van der Waals surface area contributed by atoms with Crippen LogP contribution in [0.25, 0.3) is 17.3 Å². The number of hydrogen-bond donors (Lipinski definition) is 3. The number of anilines is 2. The van der Waals surface area contributed by atoms with E-state index in [1.807, 2.05) is 43.3 Å². The van der Waals surface area contributed by atoms with Crippen molar-refractivity contribution in [2.24, 2.45) is 0 Å². The Hall–Kier alpha value is -4.00. The van der Waals surface area contributed by atoms with Crippen molar-refractivity contribution >= 4 is 29.4 Å². The molecule has 7 nitrogen and oxygen atoms in total. The van der Waals surface area contributed by atoms with Crippen molar-refractivity contribution in [3.8, 4) is 11.3 Å². The molecule has 3 rings (SSSR count). The number of aromatic nitrogens is 2. The van der Waals surface area contributed by atoms with Crippen LogP contribution in [-0.2, 0) is 4.79 Å². The highest BCUT2D eigenvalue weighted by Crippen LogP contribution is 2.23. The van der Waals surface area contributed by atoms with Gasteiger partial charge >= 0.3 is 0 Å². The first-order valence-electron chi connectivity index (χ1n) is 9.57. The predicted octanol–water partition coefficient (Wildman–Crippen LogP) is 3.59. The number of rotatable bonds is 7. The smallest absolute Gasteiger partial charge is 0.254 e. The minimum absolute atomic E-state index is 0.192. The van der Waals surface area contributed by atoms with Gasteiger partial charge in [-0.05, 0) is 48.9 Å². The van der Waals surface area contributed by atoms with Crippen LogP contribution in [0.5, 0.6) is 0 Å². The van der Waals surface area contributed by atoms with Crippen molar-refractivity contribution < 1.29 is 9.59 Å². The van der Waals surface area contributed by atoms with Gasteiger partial charge in [0.1, 0.15) is 5.82 Å². The van der Waals surface area contributed by atoms with Gasteiger partial charge in [0.2, 0.25) is 5.91 Å². The molecule has 0 atom stereocenters. The molecule has 0 radical (unpaired) electrons. The minimum atomic E-state index is -0.228. The summed E-state index contributed by atoms with van der Waals surface area (Å²) in [6, 6.07) is 14.6. The normalized spacial score (nSPS) is 10.6. The second kappa shape index (κ2) is 9.97. The molecule has 0 fully saturated rings. The topological polar surface area (TPSA) is 96.0 Å². The van der Waals surface area contributed by atoms with E-state index in [0.717, 1.165) is 16.8 Å². The van der Waals surface area contributed by atoms with Gasteiger partial charge in [0.05, 0.1) is 11.3 Å². The molecule has 0 aliphatic rings. The van der Waals surface area contributed by atoms with Crippen LogP contribution in [0.15, 0.2) is 67.0 Å². The van der Waals surface area contributed by atoms with Crippen LogP contribution in [-0.4, -0.2) is 35.4 Å². The molecule has 0 aliphatic heterocycles. The molecule has 30 heavy (non-hydrogen) atoms. The highest BCUT2D eigenvalue weighted by molar-refractivity contribution is 6.02. The zero-order valence-corrected chi connectivity index (χ0v) is 16.8. The predicted molar refractivity (Wildman–Crippen MR) is 119 cm³/mol. The molecule has 3 aromatic rings. The van der Waals surface area contributed by atoms with Crippen molar-refractivity contribution in [2.75, 3.05) is 24.2 Å². The zero-order chi connectivity index (χ0) is 21.3. The number of pyridine rings is 2. The molecule has 0 aliphatic carbocycles. The molecule has 0 saturated heterocycles. The van der Waals surface area contributed by atoms with Crippen LogP contribution in [0.2, 0.25) is 0 Å². The van der Waals surface area contributed by atoms with Gasteiger partial charge in [-0.15, -0.1) is 0 Å². The van der Waals surface area contributed by atoms with Gasteiger partial charge in [-0.25, -0.2) is 4.98 Å². The molecule has 2 heterocycles. The third-order valence-corrected chi connectivity index (χ3v) is 4.27. The number of carbonyl (C=O) groups excluding carboxylic acids is 2. The Balaban J connectivity index is 1.72. The summed E-state index contributed by atoms with van der Waals surface area (Å²) in [6.45, 7) is 2.60. The minimum Gasteiger partial charge on any atom is -0.370 e. The lowest BCUT2D eigenvalue weighted by Gasteiger charge is -2.11. The summed E-state index contributed by atoms with van der Waals surface area (Å²) in [6.07, 6.45) is 6.54. The van der Waals surface area contributed by atoms with Crippen molar-refractivity contribution in [2.45, 2.75) is 6.92 Å². The monoisotopic (exact) mass is 401 g/mol. The molecule has 152 valence electrons. The van der Waals surface area contributed by atoms with Crippen molar-refractivity contribution in [1.29, 1.82) is 0 Å². The summed E-state index contributed by atoms with van der Waals surface area (Å²) in [5, 5.41) is 8.57. The maximum absolute atomic E-state index is 12.1. The highest BCUT2D eigenvalue weighted by atomic mass is 16.2. The molecule has 3 N–H and O–H groups in total. The Morgan fingerprint density at radius 2 is 1.87 bits per heavy atom. The van der Waals surface area contributed by atoms with Crippen LogP contribution >= 0.6 is 0 Å². The van der Waals surface area contributed by atoms with Gasteiger partial charge < -0.3 is 16.0 Å². The van der Waals surface area contributed by atoms with E-state index in [-0.39, 0.29) is 11.8 Å². The quantitative estimate of drug-likeness (QED) is 0.526. The van der Waals surface area contributed by atoms with Gasteiger partial charge in [-0.2, -0.15) is 0 Å². The number of nitrogens with zero attached hydrogens (tertiary/aromatic N) is 2.